The minimum atomic E-state index is -4.82. The number of halogens is 3. The van der Waals surface area contributed by atoms with E-state index in [1.807, 2.05) is 0 Å². The van der Waals surface area contributed by atoms with Crippen LogP contribution in [0, 0.1) is 5.92 Å². The number of esters is 1. The van der Waals surface area contributed by atoms with Crippen molar-refractivity contribution in [3.63, 3.8) is 0 Å². The van der Waals surface area contributed by atoms with E-state index in [-0.39, 0.29) is 12.2 Å². The standard InChI is InChI=1S/C34H49F3N4O8Si/c1-21(2)26(28(34(35,36)37)49-50(9,10)33(6,7)8)39-24(42)19-41-17-16-23(29(44)38-18-25(43)48-32(3,4)5)27(30(41)45)40-31(46)47-20-22-14-12-11-13-15-22/h11-17,21,26,28H,18-20H2,1-10H3,(H,38,44)(H,39,42)(H,40,46). The van der Waals surface area contributed by atoms with Crippen molar-refractivity contribution >= 4 is 37.9 Å². The molecule has 0 spiro atoms. The third-order valence-corrected chi connectivity index (χ3v) is 12.4. The van der Waals surface area contributed by atoms with E-state index in [2.05, 4.69) is 16.0 Å². The lowest BCUT2D eigenvalue weighted by Gasteiger charge is -2.42. The first-order valence-electron chi connectivity index (χ1n) is 16.1. The van der Waals surface area contributed by atoms with Gasteiger partial charge in [-0.2, -0.15) is 13.2 Å². The van der Waals surface area contributed by atoms with Crippen LogP contribution in [-0.4, -0.2) is 67.2 Å². The largest absolute Gasteiger partial charge is 0.459 e. The first-order chi connectivity index (χ1) is 22.8. The smallest absolute Gasteiger partial charge is 0.415 e. The van der Waals surface area contributed by atoms with Crippen LogP contribution in [0.3, 0.4) is 0 Å². The summed E-state index contributed by atoms with van der Waals surface area (Å²) >= 11 is 0. The minimum absolute atomic E-state index is 0.176. The van der Waals surface area contributed by atoms with Crippen LogP contribution in [0.5, 0.6) is 0 Å². The van der Waals surface area contributed by atoms with Crippen LogP contribution in [0.2, 0.25) is 18.1 Å². The van der Waals surface area contributed by atoms with E-state index in [1.165, 1.54) is 13.8 Å². The number of nitrogens with zero attached hydrogens (tertiary/aromatic N) is 1. The van der Waals surface area contributed by atoms with E-state index < -0.39 is 91.4 Å². The van der Waals surface area contributed by atoms with Crippen LogP contribution in [0.25, 0.3) is 0 Å². The zero-order valence-electron chi connectivity index (χ0n) is 30.2. The van der Waals surface area contributed by atoms with E-state index in [0.717, 1.165) is 16.8 Å². The van der Waals surface area contributed by atoms with Crippen molar-refractivity contribution in [1.29, 1.82) is 0 Å². The molecule has 0 saturated heterocycles. The van der Waals surface area contributed by atoms with E-state index in [1.54, 1.807) is 85.0 Å². The number of carbonyl (C=O) groups is 4. The van der Waals surface area contributed by atoms with Gasteiger partial charge in [0.05, 0.1) is 11.6 Å². The number of pyridine rings is 1. The van der Waals surface area contributed by atoms with Crippen LogP contribution < -0.4 is 21.5 Å². The number of nitrogens with one attached hydrogen (secondary N) is 3. The number of hydrogen-bond acceptors (Lipinski definition) is 8. The van der Waals surface area contributed by atoms with Gasteiger partial charge in [-0.15, -0.1) is 0 Å². The number of aromatic nitrogens is 1. The maximum atomic E-state index is 14.4. The van der Waals surface area contributed by atoms with Gasteiger partial charge in [0.1, 0.15) is 31.0 Å². The van der Waals surface area contributed by atoms with E-state index in [0.29, 0.717) is 5.56 Å². The Balaban J connectivity index is 2.41. The zero-order chi connectivity index (χ0) is 38.2. The van der Waals surface area contributed by atoms with Gasteiger partial charge in [-0.1, -0.05) is 65.0 Å². The third kappa shape index (κ3) is 12.6. The van der Waals surface area contributed by atoms with Gasteiger partial charge in [-0.3, -0.25) is 24.5 Å². The summed E-state index contributed by atoms with van der Waals surface area (Å²) in [6, 6.07) is 8.23. The first-order valence-corrected chi connectivity index (χ1v) is 19.0. The summed E-state index contributed by atoms with van der Waals surface area (Å²) in [6.45, 7) is 15.2. The Kier molecular flexibility index (Phi) is 14.0. The van der Waals surface area contributed by atoms with Crippen LogP contribution in [0.4, 0.5) is 23.7 Å². The molecule has 278 valence electrons. The van der Waals surface area contributed by atoms with Crippen LogP contribution >= 0.6 is 0 Å². The van der Waals surface area contributed by atoms with Gasteiger partial charge in [-0.05, 0) is 56.5 Å². The quantitative estimate of drug-likeness (QED) is 0.174. The number of benzene rings is 1. The molecule has 16 heteroatoms. The van der Waals surface area contributed by atoms with Crippen molar-refractivity contribution < 1.29 is 46.2 Å². The lowest BCUT2D eigenvalue weighted by atomic mass is 9.98. The Hall–Kier alpha value is -4.18. The fraction of sp³-hybridized carbons (Fsp3) is 0.559. The van der Waals surface area contributed by atoms with Crippen LogP contribution in [0.1, 0.15) is 71.3 Å². The Labute approximate surface area is 291 Å². The summed E-state index contributed by atoms with van der Waals surface area (Å²) in [6.07, 6.45) is -7.18. The molecular formula is C34H49F3N4O8Si. The SMILES string of the molecule is CC(C)C(NC(=O)Cn1ccc(C(=O)NCC(=O)OC(C)(C)C)c(NC(=O)OCc2ccccc2)c1=O)C(O[Si](C)(C)C(C)(C)C)C(F)(F)F. The maximum Gasteiger partial charge on any atom is 0.415 e. The Bertz CT molecular complexity index is 1570. The lowest BCUT2D eigenvalue weighted by molar-refractivity contribution is -0.210. The molecule has 0 aliphatic carbocycles. The zero-order valence-corrected chi connectivity index (χ0v) is 31.2. The van der Waals surface area contributed by atoms with Crippen LogP contribution in [0.15, 0.2) is 47.4 Å². The second-order valence-electron chi connectivity index (χ2n) is 14.7. The number of carbonyl (C=O) groups excluding carboxylic acids is 4. The van der Waals surface area contributed by atoms with Gasteiger partial charge in [0, 0.05) is 6.20 Å². The normalized spacial score (nSPS) is 13.6. The van der Waals surface area contributed by atoms with Crippen molar-refractivity contribution in [2.24, 2.45) is 5.92 Å². The van der Waals surface area contributed by atoms with Gasteiger partial charge in [-0.25, -0.2) is 4.79 Å². The highest BCUT2D eigenvalue weighted by molar-refractivity contribution is 6.74. The summed E-state index contributed by atoms with van der Waals surface area (Å²) in [4.78, 5) is 64.9. The van der Waals surface area contributed by atoms with Crippen molar-refractivity contribution in [1.82, 2.24) is 15.2 Å². The van der Waals surface area contributed by atoms with Crippen LogP contribution in [-0.2, 0) is 36.6 Å². The third-order valence-electron chi connectivity index (χ3n) is 7.90. The average molecular weight is 727 g/mol. The number of anilines is 1. The predicted molar refractivity (Wildman–Crippen MR) is 184 cm³/mol. The highest BCUT2D eigenvalue weighted by Gasteiger charge is 2.52. The summed E-state index contributed by atoms with van der Waals surface area (Å²) in [5.74, 6) is -3.36. The van der Waals surface area contributed by atoms with Gasteiger partial charge < -0.3 is 29.1 Å². The molecule has 0 aliphatic heterocycles. The Morgan fingerprint density at radius 3 is 2.06 bits per heavy atom. The number of amides is 3. The molecule has 0 bridgehead atoms. The molecule has 1 aromatic carbocycles. The molecule has 0 fully saturated rings. The molecule has 2 aromatic rings. The molecular weight excluding hydrogens is 677 g/mol. The Morgan fingerprint density at radius 1 is 0.940 bits per heavy atom. The van der Waals surface area contributed by atoms with E-state index in [4.69, 9.17) is 13.9 Å². The molecule has 0 saturated carbocycles. The Morgan fingerprint density at radius 2 is 1.54 bits per heavy atom. The number of ether oxygens (including phenoxy) is 2. The van der Waals surface area contributed by atoms with Gasteiger partial charge in [0.2, 0.25) is 5.91 Å². The molecule has 2 unspecified atom stereocenters. The molecule has 12 nitrogen and oxygen atoms in total. The van der Waals surface area contributed by atoms with Gasteiger partial charge >= 0.3 is 18.2 Å². The summed E-state index contributed by atoms with van der Waals surface area (Å²) < 4.78 is 60.2. The second kappa shape index (κ2) is 16.7. The highest BCUT2D eigenvalue weighted by atomic mass is 28.4. The van der Waals surface area contributed by atoms with Crippen molar-refractivity contribution in [3.8, 4) is 0 Å². The van der Waals surface area contributed by atoms with Gasteiger partial charge in [0.25, 0.3) is 11.5 Å². The highest BCUT2D eigenvalue weighted by Crippen LogP contribution is 2.41. The molecule has 2 rings (SSSR count). The number of alkyl halides is 3. The second-order valence-corrected chi connectivity index (χ2v) is 19.4. The molecule has 1 aromatic heterocycles. The molecule has 3 N–H and O–H groups in total. The summed E-state index contributed by atoms with van der Waals surface area (Å²) in [5.41, 5.74) is -2.19. The molecule has 50 heavy (non-hydrogen) atoms. The fourth-order valence-electron chi connectivity index (χ4n) is 4.31. The topological polar surface area (TPSA) is 154 Å². The number of hydrogen-bond donors (Lipinski definition) is 3. The summed E-state index contributed by atoms with van der Waals surface area (Å²) in [7, 11) is -2.96. The first kappa shape index (κ1) is 42.0. The maximum absolute atomic E-state index is 14.4. The molecule has 2 atom stereocenters. The lowest BCUT2D eigenvalue weighted by Crippen LogP contribution is -2.59. The number of rotatable bonds is 13. The predicted octanol–water partition coefficient (Wildman–Crippen LogP) is 5.76. The minimum Gasteiger partial charge on any atom is -0.459 e. The van der Waals surface area contributed by atoms with E-state index >= 15 is 0 Å². The fourth-order valence-corrected chi connectivity index (χ4v) is 5.58. The van der Waals surface area contributed by atoms with Crippen molar-refractivity contribution in [3.05, 3.63) is 64.1 Å². The molecule has 0 radical (unpaired) electrons. The van der Waals surface area contributed by atoms with Gasteiger partial charge in [0.15, 0.2) is 14.4 Å². The van der Waals surface area contributed by atoms with Crippen molar-refractivity contribution in [2.75, 3.05) is 11.9 Å². The average Bonchev–Trinajstić information content (AvgIpc) is 2.97. The summed E-state index contributed by atoms with van der Waals surface area (Å²) in [5, 5.41) is 6.41. The molecule has 3 amide bonds. The van der Waals surface area contributed by atoms with E-state index in [9.17, 15) is 37.1 Å². The molecule has 1 heterocycles. The van der Waals surface area contributed by atoms with Crippen molar-refractivity contribution in [2.45, 2.75) is 111 Å². The molecule has 0 aliphatic rings. The monoisotopic (exact) mass is 726 g/mol.